The highest BCUT2D eigenvalue weighted by atomic mass is 16.2. The van der Waals surface area contributed by atoms with Gasteiger partial charge in [-0.1, -0.05) is 13.5 Å². The normalized spacial score (nSPS) is 8.55. The molecule has 0 heterocycles. The summed E-state index contributed by atoms with van der Waals surface area (Å²) in [6.07, 6.45) is 0.658. The highest BCUT2D eigenvalue weighted by molar-refractivity contribution is 5.93. The number of hydrogen-bond donors (Lipinski definition) is 2. The van der Waals surface area contributed by atoms with Crippen molar-refractivity contribution < 1.29 is 9.59 Å². The van der Waals surface area contributed by atoms with E-state index in [2.05, 4.69) is 17.2 Å². The Balaban J connectivity index is 3.70. The van der Waals surface area contributed by atoms with Crippen molar-refractivity contribution in [3.63, 3.8) is 0 Å². The Labute approximate surface area is 65.7 Å². The van der Waals surface area contributed by atoms with E-state index in [-0.39, 0.29) is 5.91 Å². The van der Waals surface area contributed by atoms with Crippen LogP contribution in [0.4, 0.5) is 4.79 Å². The number of carbonyl (C=O) groups excluding carboxylic acids is 2. The third kappa shape index (κ3) is 5.14. The number of allylic oxidation sites excluding steroid dienone is 1. The van der Waals surface area contributed by atoms with Gasteiger partial charge in [-0.05, 0) is 6.42 Å². The van der Waals surface area contributed by atoms with Gasteiger partial charge < -0.3 is 5.32 Å². The maximum atomic E-state index is 10.7. The van der Waals surface area contributed by atoms with E-state index >= 15 is 0 Å². The van der Waals surface area contributed by atoms with E-state index in [4.69, 9.17) is 0 Å². The Morgan fingerprint density at radius 3 is 2.27 bits per heavy atom. The minimum absolute atomic E-state index is 0.383. The molecule has 11 heavy (non-hydrogen) atoms. The van der Waals surface area contributed by atoms with Gasteiger partial charge in [0.05, 0.1) is 0 Å². The number of imide groups is 1. The number of rotatable bonds is 2. The lowest BCUT2D eigenvalue weighted by molar-refractivity contribution is -0.117. The first-order valence-corrected chi connectivity index (χ1v) is 3.32. The van der Waals surface area contributed by atoms with Gasteiger partial charge in [-0.25, -0.2) is 4.79 Å². The zero-order valence-corrected chi connectivity index (χ0v) is 6.73. The lowest BCUT2D eigenvalue weighted by atomic mass is 10.4. The van der Waals surface area contributed by atoms with Crippen molar-refractivity contribution in [2.24, 2.45) is 0 Å². The summed E-state index contributed by atoms with van der Waals surface area (Å²) in [5.41, 5.74) is 0.587. The summed E-state index contributed by atoms with van der Waals surface area (Å²) in [4.78, 5) is 21.0. The summed E-state index contributed by atoms with van der Waals surface area (Å²) in [6, 6.07) is -0.524. The van der Waals surface area contributed by atoms with Crippen LogP contribution in [-0.4, -0.2) is 11.9 Å². The van der Waals surface area contributed by atoms with Crippen LogP contribution in [0, 0.1) is 0 Å². The topological polar surface area (TPSA) is 58.2 Å². The lowest BCUT2D eigenvalue weighted by Crippen LogP contribution is -2.37. The lowest BCUT2D eigenvalue weighted by Gasteiger charge is -2.04. The number of hydrogen-bond acceptors (Lipinski definition) is 2. The third-order valence-electron chi connectivity index (χ3n) is 1.01. The second kappa shape index (κ2) is 4.49. The Kier molecular flexibility index (Phi) is 3.95. The molecule has 3 amide bonds. The molecular formula is C7H12N2O2. The molecule has 0 aromatic heterocycles. The van der Waals surface area contributed by atoms with Gasteiger partial charge in [0, 0.05) is 12.6 Å². The molecule has 0 aromatic rings. The number of amides is 3. The molecule has 0 fully saturated rings. The largest absolute Gasteiger partial charge is 0.325 e. The second-order valence-corrected chi connectivity index (χ2v) is 2.09. The third-order valence-corrected chi connectivity index (χ3v) is 1.01. The molecule has 0 unspecified atom stereocenters. The molecule has 0 rings (SSSR count). The van der Waals surface area contributed by atoms with Gasteiger partial charge in [-0.3, -0.25) is 10.1 Å². The van der Waals surface area contributed by atoms with Crippen LogP contribution in [0.15, 0.2) is 12.3 Å². The minimum Gasteiger partial charge on any atom is -0.312 e. The minimum atomic E-state index is -0.524. The van der Waals surface area contributed by atoms with Gasteiger partial charge in [-0.2, -0.15) is 0 Å². The highest BCUT2D eigenvalue weighted by Gasteiger charge is 2.01. The van der Waals surface area contributed by atoms with Crippen LogP contribution < -0.4 is 10.6 Å². The van der Waals surface area contributed by atoms with E-state index in [9.17, 15) is 9.59 Å². The van der Waals surface area contributed by atoms with Crippen molar-refractivity contribution in [1.82, 2.24) is 10.6 Å². The molecule has 0 saturated carbocycles. The maximum absolute atomic E-state index is 10.7. The Bertz CT molecular complexity index is 187. The number of nitrogens with one attached hydrogen (secondary N) is 2. The molecule has 62 valence electrons. The zero-order valence-electron chi connectivity index (χ0n) is 6.73. The van der Waals surface area contributed by atoms with E-state index in [0.717, 1.165) is 0 Å². The summed E-state index contributed by atoms with van der Waals surface area (Å²) in [7, 11) is 0. The predicted molar refractivity (Wildman–Crippen MR) is 41.8 cm³/mol. The first-order chi connectivity index (χ1) is 5.06. The van der Waals surface area contributed by atoms with Crippen molar-refractivity contribution >= 4 is 11.9 Å². The van der Waals surface area contributed by atoms with Gasteiger partial charge in [0.25, 0.3) is 0 Å². The zero-order chi connectivity index (χ0) is 8.85. The fourth-order valence-electron chi connectivity index (χ4n) is 0.440. The van der Waals surface area contributed by atoms with Gasteiger partial charge >= 0.3 is 6.03 Å². The fourth-order valence-corrected chi connectivity index (χ4v) is 0.440. The molecule has 0 spiro atoms. The van der Waals surface area contributed by atoms with Crippen LogP contribution in [0.1, 0.15) is 20.3 Å². The van der Waals surface area contributed by atoms with Crippen LogP contribution in [-0.2, 0) is 4.79 Å². The summed E-state index contributed by atoms with van der Waals surface area (Å²) >= 11 is 0. The summed E-state index contributed by atoms with van der Waals surface area (Å²) in [5, 5.41) is 4.45. The molecule has 0 aliphatic carbocycles. The smallest absolute Gasteiger partial charge is 0.312 e. The number of urea groups is 1. The molecule has 0 aliphatic rings. The van der Waals surface area contributed by atoms with E-state index in [1.807, 2.05) is 6.92 Å². The molecule has 0 aromatic carbocycles. The molecule has 0 radical (unpaired) electrons. The Morgan fingerprint density at radius 1 is 1.36 bits per heavy atom. The van der Waals surface area contributed by atoms with E-state index < -0.39 is 6.03 Å². The van der Waals surface area contributed by atoms with Gasteiger partial charge in [0.15, 0.2) is 0 Å². The van der Waals surface area contributed by atoms with E-state index in [1.54, 1.807) is 0 Å². The maximum Gasteiger partial charge on any atom is 0.325 e. The molecule has 0 saturated heterocycles. The van der Waals surface area contributed by atoms with Crippen LogP contribution >= 0.6 is 0 Å². The van der Waals surface area contributed by atoms with Crippen LogP contribution in [0.3, 0.4) is 0 Å². The van der Waals surface area contributed by atoms with E-state index in [0.29, 0.717) is 12.1 Å². The highest BCUT2D eigenvalue weighted by Crippen LogP contribution is 1.88. The Morgan fingerprint density at radius 2 is 1.91 bits per heavy atom. The molecule has 0 aliphatic heterocycles. The Hall–Kier alpha value is -1.32. The molecule has 2 N–H and O–H groups in total. The SMILES string of the molecule is C=C(CC)NC(=O)NC(C)=O. The molecule has 4 nitrogen and oxygen atoms in total. The van der Waals surface area contributed by atoms with Crippen LogP contribution in [0.2, 0.25) is 0 Å². The number of carbonyl (C=O) groups is 2. The van der Waals surface area contributed by atoms with Gasteiger partial charge in [-0.15, -0.1) is 0 Å². The quantitative estimate of drug-likeness (QED) is 0.620. The van der Waals surface area contributed by atoms with Crippen molar-refractivity contribution in [1.29, 1.82) is 0 Å². The van der Waals surface area contributed by atoms with Crippen molar-refractivity contribution in [3.05, 3.63) is 12.3 Å². The molecule has 0 atom stereocenters. The summed E-state index contributed by atoms with van der Waals surface area (Å²) in [6.45, 7) is 6.67. The van der Waals surface area contributed by atoms with Crippen LogP contribution in [0.5, 0.6) is 0 Å². The van der Waals surface area contributed by atoms with Crippen molar-refractivity contribution in [2.45, 2.75) is 20.3 Å². The summed E-state index contributed by atoms with van der Waals surface area (Å²) < 4.78 is 0. The first kappa shape index (κ1) is 9.68. The first-order valence-electron chi connectivity index (χ1n) is 3.32. The standard InChI is InChI=1S/C7H12N2O2/c1-4-5(2)8-7(11)9-6(3)10/h2,4H2,1,3H3,(H2,8,9,10,11). The average molecular weight is 156 g/mol. The van der Waals surface area contributed by atoms with Crippen LogP contribution in [0.25, 0.3) is 0 Å². The second-order valence-electron chi connectivity index (χ2n) is 2.09. The van der Waals surface area contributed by atoms with Crippen molar-refractivity contribution in [3.8, 4) is 0 Å². The molecule has 0 bridgehead atoms. The van der Waals surface area contributed by atoms with Gasteiger partial charge in [0.1, 0.15) is 0 Å². The predicted octanol–water partition coefficient (Wildman–Crippen LogP) is 0.756. The molecular weight excluding hydrogens is 144 g/mol. The van der Waals surface area contributed by atoms with E-state index in [1.165, 1.54) is 6.92 Å². The summed E-state index contributed by atoms with van der Waals surface area (Å²) in [5.74, 6) is -0.383. The fraction of sp³-hybridized carbons (Fsp3) is 0.429. The average Bonchev–Trinajstić information content (AvgIpc) is 1.85. The molecule has 4 heteroatoms. The van der Waals surface area contributed by atoms with Gasteiger partial charge in [0.2, 0.25) is 5.91 Å². The van der Waals surface area contributed by atoms with Crippen molar-refractivity contribution in [2.75, 3.05) is 0 Å². The monoisotopic (exact) mass is 156 g/mol.